The SMILES string of the molecule is COC(OC)c1csc(-c2ccc(SC)cc2)n1. The van der Waals surface area contributed by atoms with E-state index in [1.165, 1.54) is 4.90 Å². The van der Waals surface area contributed by atoms with Crippen LogP contribution in [0.25, 0.3) is 10.6 Å². The van der Waals surface area contributed by atoms with E-state index < -0.39 is 0 Å². The van der Waals surface area contributed by atoms with Crippen molar-refractivity contribution in [3.8, 4) is 10.6 Å². The van der Waals surface area contributed by atoms with E-state index in [-0.39, 0.29) is 6.29 Å². The van der Waals surface area contributed by atoms with E-state index in [4.69, 9.17) is 9.47 Å². The van der Waals surface area contributed by atoms with Gasteiger partial charge < -0.3 is 9.47 Å². The van der Waals surface area contributed by atoms with Gasteiger partial charge in [0.1, 0.15) is 10.7 Å². The second-order valence-corrected chi connectivity index (χ2v) is 5.35. The number of hydrogen-bond acceptors (Lipinski definition) is 5. The Hall–Kier alpha value is -0.880. The monoisotopic (exact) mass is 281 g/mol. The van der Waals surface area contributed by atoms with Gasteiger partial charge in [0, 0.05) is 30.1 Å². The number of ether oxygens (including phenoxy) is 2. The van der Waals surface area contributed by atoms with Crippen molar-refractivity contribution in [3.05, 3.63) is 35.3 Å². The number of nitrogens with zero attached hydrogens (tertiary/aromatic N) is 1. The number of hydrogen-bond donors (Lipinski definition) is 0. The Balaban J connectivity index is 2.23. The molecule has 0 unspecified atom stereocenters. The molecule has 3 nitrogen and oxygen atoms in total. The zero-order chi connectivity index (χ0) is 13.0. The minimum Gasteiger partial charge on any atom is -0.350 e. The van der Waals surface area contributed by atoms with Crippen molar-refractivity contribution in [2.24, 2.45) is 0 Å². The molecule has 18 heavy (non-hydrogen) atoms. The van der Waals surface area contributed by atoms with Crippen LogP contribution in [0.3, 0.4) is 0 Å². The molecule has 0 aliphatic heterocycles. The first-order valence-electron chi connectivity index (χ1n) is 5.44. The lowest BCUT2D eigenvalue weighted by molar-refractivity contribution is -0.108. The summed E-state index contributed by atoms with van der Waals surface area (Å²) in [5.74, 6) is 0. The lowest BCUT2D eigenvalue weighted by Gasteiger charge is -2.09. The topological polar surface area (TPSA) is 31.4 Å². The molecule has 0 atom stereocenters. The summed E-state index contributed by atoms with van der Waals surface area (Å²) in [5, 5.41) is 2.95. The van der Waals surface area contributed by atoms with Crippen molar-refractivity contribution < 1.29 is 9.47 Å². The van der Waals surface area contributed by atoms with Crippen LogP contribution >= 0.6 is 23.1 Å². The van der Waals surface area contributed by atoms with E-state index in [0.29, 0.717) is 0 Å². The molecule has 0 spiro atoms. The minimum absolute atomic E-state index is 0.388. The van der Waals surface area contributed by atoms with Crippen molar-refractivity contribution in [2.75, 3.05) is 20.5 Å². The quantitative estimate of drug-likeness (QED) is 0.616. The Morgan fingerprint density at radius 3 is 2.39 bits per heavy atom. The third-order valence-electron chi connectivity index (χ3n) is 2.53. The molecular formula is C13H15NO2S2. The van der Waals surface area contributed by atoms with Gasteiger partial charge in [0.15, 0.2) is 0 Å². The molecule has 2 aromatic rings. The Kier molecular flexibility index (Phi) is 4.77. The van der Waals surface area contributed by atoms with Gasteiger partial charge in [-0.1, -0.05) is 12.1 Å². The van der Waals surface area contributed by atoms with Crippen LogP contribution in [-0.4, -0.2) is 25.5 Å². The van der Waals surface area contributed by atoms with Crippen LogP contribution < -0.4 is 0 Å². The molecular weight excluding hydrogens is 266 g/mol. The molecule has 2 rings (SSSR count). The third kappa shape index (κ3) is 2.92. The zero-order valence-corrected chi connectivity index (χ0v) is 12.2. The summed E-state index contributed by atoms with van der Waals surface area (Å²) in [6.07, 6.45) is 1.68. The second-order valence-electron chi connectivity index (χ2n) is 3.61. The molecule has 1 heterocycles. The number of thiazole rings is 1. The summed E-state index contributed by atoms with van der Waals surface area (Å²) < 4.78 is 10.4. The Morgan fingerprint density at radius 1 is 1.17 bits per heavy atom. The number of methoxy groups -OCH3 is 2. The average Bonchev–Trinajstić information content (AvgIpc) is 2.90. The number of rotatable bonds is 5. The molecule has 0 saturated heterocycles. The first-order chi connectivity index (χ1) is 8.78. The standard InChI is InChI=1S/C13H15NO2S2/c1-15-13(16-2)11-8-18-12(14-11)9-4-6-10(17-3)7-5-9/h4-8,13H,1-3H3. The van der Waals surface area contributed by atoms with Gasteiger partial charge in [0.2, 0.25) is 6.29 Å². The lowest BCUT2D eigenvalue weighted by atomic mass is 10.2. The van der Waals surface area contributed by atoms with Gasteiger partial charge in [0.25, 0.3) is 0 Å². The molecule has 0 N–H and O–H groups in total. The average molecular weight is 281 g/mol. The summed E-state index contributed by atoms with van der Waals surface area (Å²) in [5.41, 5.74) is 1.93. The van der Waals surface area contributed by atoms with Crippen LogP contribution in [0.15, 0.2) is 34.5 Å². The summed E-state index contributed by atoms with van der Waals surface area (Å²) in [4.78, 5) is 5.79. The molecule has 0 aliphatic carbocycles. The van der Waals surface area contributed by atoms with Crippen molar-refractivity contribution >= 4 is 23.1 Å². The molecule has 0 fully saturated rings. The van der Waals surface area contributed by atoms with Crippen LogP contribution in [-0.2, 0) is 9.47 Å². The second kappa shape index (κ2) is 6.33. The van der Waals surface area contributed by atoms with Crippen molar-refractivity contribution in [1.29, 1.82) is 0 Å². The highest BCUT2D eigenvalue weighted by molar-refractivity contribution is 7.98. The summed E-state index contributed by atoms with van der Waals surface area (Å²) in [6.45, 7) is 0. The van der Waals surface area contributed by atoms with E-state index in [1.54, 1.807) is 37.3 Å². The van der Waals surface area contributed by atoms with Crippen molar-refractivity contribution in [1.82, 2.24) is 4.98 Å². The molecule has 0 saturated carbocycles. The molecule has 5 heteroatoms. The van der Waals surface area contributed by atoms with E-state index in [2.05, 4.69) is 35.5 Å². The van der Waals surface area contributed by atoms with Crippen LogP contribution in [0.1, 0.15) is 12.0 Å². The zero-order valence-electron chi connectivity index (χ0n) is 10.5. The largest absolute Gasteiger partial charge is 0.350 e. The molecule has 0 aliphatic rings. The smallest absolute Gasteiger partial charge is 0.201 e. The maximum Gasteiger partial charge on any atom is 0.201 e. The Labute approximate surface area is 115 Å². The lowest BCUT2D eigenvalue weighted by Crippen LogP contribution is -2.03. The summed E-state index contributed by atoms with van der Waals surface area (Å²) in [6, 6.07) is 8.38. The molecule has 1 aromatic carbocycles. The van der Waals surface area contributed by atoms with Crippen molar-refractivity contribution in [3.63, 3.8) is 0 Å². The van der Waals surface area contributed by atoms with Crippen LogP contribution in [0.2, 0.25) is 0 Å². The van der Waals surface area contributed by atoms with Crippen LogP contribution in [0.5, 0.6) is 0 Å². The predicted octanol–water partition coefficient (Wildman–Crippen LogP) is 3.82. The fourth-order valence-electron chi connectivity index (χ4n) is 1.60. The maximum atomic E-state index is 5.19. The Morgan fingerprint density at radius 2 is 1.83 bits per heavy atom. The third-order valence-corrected chi connectivity index (χ3v) is 4.18. The highest BCUT2D eigenvalue weighted by atomic mass is 32.2. The van der Waals surface area contributed by atoms with Gasteiger partial charge in [-0.2, -0.15) is 0 Å². The fourth-order valence-corrected chi connectivity index (χ4v) is 2.83. The minimum atomic E-state index is -0.388. The van der Waals surface area contributed by atoms with E-state index in [0.717, 1.165) is 16.3 Å². The van der Waals surface area contributed by atoms with E-state index >= 15 is 0 Å². The molecule has 1 aromatic heterocycles. The van der Waals surface area contributed by atoms with E-state index in [9.17, 15) is 0 Å². The maximum absolute atomic E-state index is 5.19. The molecule has 0 radical (unpaired) electrons. The molecule has 0 amide bonds. The molecule has 0 bridgehead atoms. The number of thioether (sulfide) groups is 1. The van der Waals surface area contributed by atoms with Gasteiger partial charge in [-0.25, -0.2) is 4.98 Å². The van der Waals surface area contributed by atoms with Gasteiger partial charge in [-0.05, 0) is 18.4 Å². The first-order valence-corrected chi connectivity index (χ1v) is 7.54. The van der Waals surface area contributed by atoms with Gasteiger partial charge in [0.05, 0.1) is 0 Å². The highest BCUT2D eigenvalue weighted by Gasteiger charge is 2.13. The molecule has 96 valence electrons. The fraction of sp³-hybridized carbons (Fsp3) is 0.308. The van der Waals surface area contributed by atoms with Gasteiger partial charge in [-0.3, -0.25) is 0 Å². The number of benzene rings is 1. The van der Waals surface area contributed by atoms with Gasteiger partial charge >= 0.3 is 0 Å². The summed E-state index contributed by atoms with van der Waals surface area (Å²) in [7, 11) is 3.22. The van der Waals surface area contributed by atoms with Crippen molar-refractivity contribution in [2.45, 2.75) is 11.2 Å². The predicted molar refractivity (Wildman–Crippen MR) is 76.1 cm³/mol. The Bertz CT molecular complexity index is 492. The number of aromatic nitrogens is 1. The summed E-state index contributed by atoms with van der Waals surface area (Å²) >= 11 is 3.33. The normalized spacial score (nSPS) is 11.1. The highest BCUT2D eigenvalue weighted by Crippen LogP contribution is 2.28. The first kappa shape index (κ1) is 13.5. The van der Waals surface area contributed by atoms with Crippen LogP contribution in [0.4, 0.5) is 0 Å². The van der Waals surface area contributed by atoms with Crippen LogP contribution in [0, 0.1) is 0 Å². The van der Waals surface area contributed by atoms with E-state index in [1.807, 2.05) is 5.38 Å². The van der Waals surface area contributed by atoms with Gasteiger partial charge in [-0.15, -0.1) is 23.1 Å².